The normalized spacial score (nSPS) is 28.1. The summed E-state index contributed by atoms with van der Waals surface area (Å²) < 4.78 is 35.4. The molecule has 1 aliphatic heterocycles. The highest BCUT2D eigenvalue weighted by Gasteiger charge is 2.46. The zero-order valence-corrected chi connectivity index (χ0v) is 21.8. The van der Waals surface area contributed by atoms with Gasteiger partial charge in [-0.3, -0.25) is 9.88 Å². The number of aliphatic hydroxyl groups excluding tert-OH is 3. The Balaban J connectivity index is 1.53. The fourth-order valence-corrected chi connectivity index (χ4v) is 6.67. The topological polar surface area (TPSA) is 132 Å². The summed E-state index contributed by atoms with van der Waals surface area (Å²) in [5.74, 6) is 0.166. The van der Waals surface area contributed by atoms with Gasteiger partial charge in [-0.1, -0.05) is 42.5 Å². The Bertz CT molecular complexity index is 1330. The zero-order chi connectivity index (χ0) is 26.8. The second-order valence-corrected chi connectivity index (χ2v) is 12.1. The molecule has 4 N–H and O–H groups in total. The van der Waals surface area contributed by atoms with Gasteiger partial charge in [0.1, 0.15) is 10.6 Å². The number of aromatic nitrogens is 1. The lowest BCUT2D eigenvalue weighted by Crippen LogP contribution is -2.46. The molecule has 4 atom stereocenters. The van der Waals surface area contributed by atoms with Crippen LogP contribution in [0.25, 0.3) is 11.1 Å². The van der Waals surface area contributed by atoms with Crippen molar-refractivity contribution in [2.75, 3.05) is 26.2 Å². The summed E-state index contributed by atoms with van der Waals surface area (Å²) in [4.78, 5) is 6.16. The molecule has 1 aromatic heterocycles. The van der Waals surface area contributed by atoms with Gasteiger partial charge in [-0.25, -0.2) is 13.1 Å². The van der Waals surface area contributed by atoms with Crippen molar-refractivity contribution in [1.29, 1.82) is 0 Å². The molecule has 10 heteroatoms. The van der Waals surface area contributed by atoms with E-state index < -0.39 is 33.8 Å². The van der Waals surface area contributed by atoms with Gasteiger partial charge in [0.05, 0.1) is 24.9 Å². The molecular weight excluding hydrogens is 506 g/mol. The van der Waals surface area contributed by atoms with Gasteiger partial charge in [-0.05, 0) is 42.2 Å². The lowest BCUT2D eigenvalue weighted by Gasteiger charge is -2.37. The summed E-state index contributed by atoms with van der Waals surface area (Å²) >= 11 is 0. The molecule has 2 aliphatic rings. The zero-order valence-electron chi connectivity index (χ0n) is 21.0. The molecule has 0 amide bonds. The molecule has 1 fully saturated rings. The molecule has 1 saturated carbocycles. The highest BCUT2D eigenvalue weighted by atomic mass is 32.2. The Hall–Kier alpha value is -2.86. The van der Waals surface area contributed by atoms with E-state index >= 15 is 0 Å². The van der Waals surface area contributed by atoms with E-state index in [9.17, 15) is 23.7 Å². The van der Waals surface area contributed by atoms with E-state index in [0.717, 1.165) is 16.7 Å². The van der Waals surface area contributed by atoms with Crippen molar-refractivity contribution in [3.8, 4) is 16.9 Å². The van der Waals surface area contributed by atoms with Crippen LogP contribution in [0.4, 0.5) is 0 Å². The van der Waals surface area contributed by atoms with Gasteiger partial charge in [0.25, 0.3) is 0 Å². The van der Waals surface area contributed by atoms with Crippen molar-refractivity contribution < 1.29 is 28.5 Å². The van der Waals surface area contributed by atoms with Crippen LogP contribution in [0.5, 0.6) is 5.75 Å². The van der Waals surface area contributed by atoms with Crippen LogP contribution in [0, 0.1) is 5.41 Å². The van der Waals surface area contributed by atoms with Gasteiger partial charge in [0.15, 0.2) is 0 Å². The SMILES string of the molecule is O=S1(=O)NC[C@H](O)CN(Cc2ccccc2)CC2(COc3cc(-c4cccnc4)ccc31)C[C@@H](O)[C@@H](O)C2. The van der Waals surface area contributed by atoms with Gasteiger partial charge >= 0.3 is 0 Å². The van der Waals surface area contributed by atoms with Crippen LogP contribution in [0.3, 0.4) is 0 Å². The van der Waals surface area contributed by atoms with Crippen molar-refractivity contribution in [2.45, 2.75) is 42.6 Å². The number of rotatable bonds is 3. The second-order valence-electron chi connectivity index (χ2n) is 10.4. The molecule has 5 rings (SSSR count). The molecule has 0 saturated heterocycles. The Kier molecular flexibility index (Phi) is 7.80. The maximum absolute atomic E-state index is 13.3. The van der Waals surface area contributed by atoms with Crippen LogP contribution in [0.15, 0.2) is 78.0 Å². The number of ether oxygens (including phenoxy) is 1. The van der Waals surface area contributed by atoms with Crippen LogP contribution in [-0.2, 0) is 16.6 Å². The molecule has 1 spiro atoms. The Labute approximate surface area is 222 Å². The molecule has 1 unspecified atom stereocenters. The van der Waals surface area contributed by atoms with Crippen LogP contribution in [-0.4, -0.2) is 78.2 Å². The molecule has 2 aromatic carbocycles. The largest absolute Gasteiger partial charge is 0.492 e. The third kappa shape index (κ3) is 6.06. The maximum atomic E-state index is 13.3. The lowest BCUT2D eigenvalue weighted by molar-refractivity contribution is 0.0427. The predicted molar refractivity (Wildman–Crippen MR) is 142 cm³/mol. The number of fused-ring (bicyclic) bond motifs is 1. The summed E-state index contributed by atoms with van der Waals surface area (Å²) in [7, 11) is -4.00. The average Bonchev–Trinajstić information content (AvgIpc) is 3.19. The van der Waals surface area contributed by atoms with Gasteiger partial charge in [0.2, 0.25) is 10.0 Å². The number of aliphatic hydroxyl groups is 3. The van der Waals surface area contributed by atoms with E-state index in [1.54, 1.807) is 30.6 Å². The van der Waals surface area contributed by atoms with Crippen molar-refractivity contribution >= 4 is 10.0 Å². The predicted octanol–water partition coefficient (Wildman–Crippen LogP) is 1.78. The Morgan fingerprint density at radius 3 is 2.47 bits per heavy atom. The molecule has 0 bridgehead atoms. The summed E-state index contributed by atoms with van der Waals surface area (Å²) in [6.07, 6.45) is 1.13. The highest BCUT2D eigenvalue weighted by Crippen LogP contribution is 2.41. The summed E-state index contributed by atoms with van der Waals surface area (Å²) in [6, 6.07) is 18.3. The number of sulfonamides is 1. The molecule has 38 heavy (non-hydrogen) atoms. The quantitative estimate of drug-likeness (QED) is 0.396. The Morgan fingerprint density at radius 1 is 1.00 bits per heavy atom. The first kappa shape index (κ1) is 26.7. The van der Waals surface area contributed by atoms with Crippen molar-refractivity contribution in [2.24, 2.45) is 5.41 Å². The minimum Gasteiger partial charge on any atom is -0.492 e. The summed E-state index contributed by atoms with van der Waals surface area (Å²) in [5.41, 5.74) is 1.92. The van der Waals surface area contributed by atoms with Crippen molar-refractivity contribution in [1.82, 2.24) is 14.6 Å². The number of nitrogens with one attached hydrogen (secondary N) is 1. The fourth-order valence-electron chi connectivity index (χ4n) is 5.47. The summed E-state index contributed by atoms with van der Waals surface area (Å²) in [6.45, 7) is 1.08. The van der Waals surface area contributed by atoms with Gasteiger partial charge < -0.3 is 20.1 Å². The van der Waals surface area contributed by atoms with Gasteiger partial charge in [-0.2, -0.15) is 0 Å². The highest BCUT2D eigenvalue weighted by molar-refractivity contribution is 7.89. The molecule has 202 valence electrons. The third-order valence-electron chi connectivity index (χ3n) is 7.28. The number of nitrogens with zero attached hydrogens (tertiary/aromatic N) is 2. The molecule has 9 nitrogen and oxygen atoms in total. The summed E-state index contributed by atoms with van der Waals surface area (Å²) in [5, 5.41) is 31.9. The minimum absolute atomic E-state index is 0.0340. The van der Waals surface area contributed by atoms with E-state index in [2.05, 4.69) is 9.71 Å². The van der Waals surface area contributed by atoms with Crippen molar-refractivity contribution in [3.63, 3.8) is 0 Å². The third-order valence-corrected chi connectivity index (χ3v) is 8.74. The van der Waals surface area contributed by atoms with Crippen molar-refractivity contribution in [3.05, 3.63) is 78.6 Å². The van der Waals surface area contributed by atoms with E-state index in [1.165, 1.54) is 6.07 Å². The maximum Gasteiger partial charge on any atom is 0.244 e. The number of β-amino-alcohol motifs (C(OH)–C–C–N with tert-alkyl or cyclic N) is 1. The molecule has 3 aromatic rings. The smallest absolute Gasteiger partial charge is 0.244 e. The van der Waals surface area contributed by atoms with Gasteiger partial charge in [0, 0.05) is 49.6 Å². The van der Waals surface area contributed by atoms with E-state index in [0.29, 0.717) is 13.1 Å². The van der Waals surface area contributed by atoms with Crippen LogP contribution in [0.1, 0.15) is 18.4 Å². The number of hydrogen-bond donors (Lipinski definition) is 4. The molecule has 0 radical (unpaired) electrons. The van der Waals surface area contributed by atoms with Crippen LogP contribution >= 0.6 is 0 Å². The lowest BCUT2D eigenvalue weighted by atomic mass is 9.85. The fraction of sp³-hybridized carbons (Fsp3) is 0.393. The minimum atomic E-state index is -4.00. The first-order valence-electron chi connectivity index (χ1n) is 12.7. The number of benzene rings is 2. The molecule has 1 aliphatic carbocycles. The van der Waals surface area contributed by atoms with E-state index in [-0.39, 0.29) is 43.2 Å². The first-order chi connectivity index (χ1) is 18.2. The van der Waals surface area contributed by atoms with Crippen LogP contribution < -0.4 is 9.46 Å². The van der Waals surface area contributed by atoms with E-state index in [4.69, 9.17) is 4.74 Å². The first-order valence-corrected chi connectivity index (χ1v) is 14.2. The van der Waals surface area contributed by atoms with Gasteiger partial charge in [-0.15, -0.1) is 0 Å². The van der Waals surface area contributed by atoms with Crippen LogP contribution in [0.2, 0.25) is 0 Å². The standard InChI is InChI=1S/C28H33N3O6S/c32-23-15-30-38(35,36)27-9-8-21(22-7-4-10-29-14-22)11-26(27)37-19-28(12-24(33)25(34)13-28)18-31(17-23)16-20-5-2-1-3-6-20/h1-11,14,23-25,30,32-34H,12-13,15-19H2/t23-,24-,25+,28?/m0/s1. The van der Waals surface area contributed by atoms with E-state index in [1.807, 2.05) is 41.3 Å². The molecular formula is C28H33N3O6S. The number of hydrogen-bond acceptors (Lipinski definition) is 8. The number of pyridine rings is 1. The molecule has 2 heterocycles. The monoisotopic (exact) mass is 539 g/mol. The Morgan fingerprint density at radius 2 is 1.76 bits per heavy atom. The second kappa shape index (κ2) is 11.1. The average molecular weight is 540 g/mol.